The summed E-state index contributed by atoms with van der Waals surface area (Å²) in [5, 5.41) is 0. The van der Waals surface area contributed by atoms with E-state index < -0.39 is 27.4 Å². The van der Waals surface area contributed by atoms with Crippen LogP contribution in [0.15, 0.2) is 23.1 Å². The fraction of sp³-hybridized carbons (Fsp3) is 0.467. The Labute approximate surface area is 135 Å². The van der Waals surface area contributed by atoms with Gasteiger partial charge in [0.15, 0.2) is 0 Å². The van der Waals surface area contributed by atoms with Gasteiger partial charge in [0.25, 0.3) is 11.8 Å². The van der Waals surface area contributed by atoms with Crippen molar-refractivity contribution in [1.29, 1.82) is 0 Å². The Morgan fingerprint density at radius 3 is 2.26 bits per heavy atom. The Kier molecular flexibility index (Phi) is 4.61. The number of hydrogen-bond donors (Lipinski definition) is 2. The molecular formula is C15H21N3O4S. The van der Waals surface area contributed by atoms with Gasteiger partial charge >= 0.3 is 0 Å². The molecular weight excluding hydrogens is 318 g/mol. The first-order valence-corrected chi connectivity index (χ1v) is 8.88. The number of amides is 2. The summed E-state index contributed by atoms with van der Waals surface area (Å²) in [7, 11) is -2.44. The lowest BCUT2D eigenvalue weighted by Crippen LogP contribution is -2.49. The molecule has 0 bridgehead atoms. The molecule has 0 saturated carbocycles. The Hall–Kier alpha value is -1.77. The highest BCUT2D eigenvalue weighted by atomic mass is 32.2. The Balaban J connectivity index is 2.29. The van der Waals surface area contributed by atoms with Gasteiger partial charge in [0.2, 0.25) is 10.0 Å². The summed E-state index contributed by atoms with van der Waals surface area (Å²) in [4.78, 5) is 24.7. The van der Waals surface area contributed by atoms with Crippen molar-refractivity contribution in [2.75, 3.05) is 13.6 Å². The third-order valence-corrected chi connectivity index (χ3v) is 5.79. The minimum absolute atomic E-state index is 0.0535. The summed E-state index contributed by atoms with van der Waals surface area (Å²) in [5.41, 5.74) is 5.80. The first kappa shape index (κ1) is 17.6. The highest BCUT2D eigenvalue weighted by Gasteiger charge is 2.34. The van der Waals surface area contributed by atoms with Crippen molar-refractivity contribution in [1.82, 2.24) is 9.62 Å². The molecule has 0 spiro atoms. The summed E-state index contributed by atoms with van der Waals surface area (Å²) >= 11 is 0. The number of nitrogens with two attached hydrogens (primary N) is 1. The number of fused-ring (bicyclic) bond motifs is 1. The lowest BCUT2D eigenvalue weighted by atomic mass is 9.95. The van der Waals surface area contributed by atoms with Crippen LogP contribution in [0.4, 0.5) is 0 Å². The molecule has 126 valence electrons. The summed E-state index contributed by atoms with van der Waals surface area (Å²) < 4.78 is 27.3. The highest BCUT2D eigenvalue weighted by Crippen LogP contribution is 2.24. The van der Waals surface area contributed by atoms with Crippen LogP contribution in [0.25, 0.3) is 0 Å². The molecule has 1 aromatic rings. The Morgan fingerprint density at radius 2 is 1.70 bits per heavy atom. The van der Waals surface area contributed by atoms with Crippen LogP contribution in [-0.4, -0.2) is 44.3 Å². The smallest absolute Gasteiger partial charge is 0.261 e. The zero-order valence-corrected chi connectivity index (χ0v) is 14.2. The van der Waals surface area contributed by atoms with Crippen molar-refractivity contribution >= 4 is 21.8 Å². The second-order valence-corrected chi connectivity index (χ2v) is 7.54. The van der Waals surface area contributed by atoms with Gasteiger partial charge in [0, 0.05) is 19.1 Å². The number of carbonyl (C=O) groups excluding carboxylic acids is 2. The van der Waals surface area contributed by atoms with Crippen molar-refractivity contribution in [3.8, 4) is 0 Å². The number of rotatable bonds is 6. The average molecular weight is 339 g/mol. The van der Waals surface area contributed by atoms with Crippen molar-refractivity contribution in [2.45, 2.75) is 37.1 Å². The SMILES string of the molecule is CCC(N)(CC)CNS(=O)(=O)c1ccc2c(c1)C(=O)N(C)C2=O. The number of imide groups is 1. The maximum absolute atomic E-state index is 12.4. The van der Waals surface area contributed by atoms with Gasteiger partial charge in [-0.15, -0.1) is 0 Å². The molecule has 2 rings (SSSR count). The Bertz CT molecular complexity index is 754. The number of benzene rings is 1. The van der Waals surface area contributed by atoms with E-state index in [1.54, 1.807) is 0 Å². The van der Waals surface area contributed by atoms with Crippen LogP contribution in [0.1, 0.15) is 47.4 Å². The number of sulfonamides is 1. The summed E-state index contributed by atoms with van der Waals surface area (Å²) in [6, 6.07) is 3.92. The lowest BCUT2D eigenvalue weighted by Gasteiger charge is -2.26. The minimum atomic E-state index is -3.81. The minimum Gasteiger partial charge on any atom is -0.324 e. The van der Waals surface area contributed by atoms with Crippen LogP contribution >= 0.6 is 0 Å². The molecule has 0 atom stereocenters. The normalized spacial score (nSPS) is 15.2. The maximum atomic E-state index is 12.4. The maximum Gasteiger partial charge on any atom is 0.261 e. The molecule has 1 aliphatic rings. The zero-order chi connectivity index (χ0) is 17.4. The van der Waals surface area contributed by atoms with Crippen molar-refractivity contribution in [3.63, 3.8) is 0 Å². The van der Waals surface area contributed by atoms with Crippen LogP contribution in [0.5, 0.6) is 0 Å². The second-order valence-electron chi connectivity index (χ2n) is 5.77. The van der Waals surface area contributed by atoms with E-state index in [0.717, 1.165) is 4.90 Å². The van der Waals surface area contributed by atoms with Gasteiger partial charge in [-0.25, -0.2) is 13.1 Å². The molecule has 2 amide bonds. The largest absolute Gasteiger partial charge is 0.324 e. The van der Waals surface area contributed by atoms with E-state index in [1.807, 2.05) is 13.8 Å². The monoisotopic (exact) mass is 339 g/mol. The van der Waals surface area contributed by atoms with Crippen molar-refractivity contribution in [2.24, 2.45) is 5.73 Å². The molecule has 0 aromatic heterocycles. The summed E-state index contributed by atoms with van der Waals surface area (Å²) in [5.74, 6) is -0.933. The van der Waals surface area contributed by atoms with E-state index in [1.165, 1.54) is 25.2 Å². The van der Waals surface area contributed by atoms with E-state index >= 15 is 0 Å². The second kappa shape index (κ2) is 6.03. The molecule has 1 aliphatic heterocycles. The van der Waals surface area contributed by atoms with Gasteiger partial charge in [0.1, 0.15) is 0 Å². The lowest BCUT2D eigenvalue weighted by molar-refractivity contribution is 0.0693. The highest BCUT2D eigenvalue weighted by molar-refractivity contribution is 7.89. The first-order valence-electron chi connectivity index (χ1n) is 7.40. The van der Waals surface area contributed by atoms with Gasteiger partial charge in [-0.05, 0) is 31.0 Å². The third kappa shape index (κ3) is 3.15. The van der Waals surface area contributed by atoms with E-state index in [2.05, 4.69) is 4.72 Å². The van der Waals surface area contributed by atoms with Crippen LogP contribution in [0, 0.1) is 0 Å². The fourth-order valence-electron chi connectivity index (χ4n) is 2.33. The van der Waals surface area contributed by atoms with Crippen LogP contribution in [-0.2, 0) is 10.0 Å². The standard InChI is InChI=1S/C15H21N3O4S/c1-4-15(16,5-2)9-17-23(21,22)10-6-7-11-12(8-10)14(20)18(3)13(11)19/h6-8,17H,4-5,9,16H2,1-3H3. The zero-order valence-electron chi connectivity index (χ0n) is 13.4. The predicted octanol–water partition coefficient (Wildman–Crippen LogP) is 0.708. The predicted molar refractivity (Wildman–Crippen MR) is 85.6 cm³/mol. The van der Waals surface area contributed by atoms with E-state index in [-0.39, 0.29) is 22.6 Å². The number of nitrogens with zero attached hydrogens (tertiary/aromatic N) is 1. The third-order valence-electron chi connectivity index (χ3n) is 4.39. The molecule has 0 unspecified atom stereocenters. The quantitative estimate of drug-likeness (QED) is 0.742. The molecule has 0 saturated heterocycles. The molecule has 1 heterocycles. The molecule has 1 aromatic carbocycles. The Morgan fingerprint density at radius 1 is 1.13 bits per heavy atom. The molecule has 0 radical (unpaired) electrons. The van der Waals surface area contributed by atoms with Gasteiger partial charge in [0.05, 0.1) is 16.0 Å². The van der Waals surface area contributed by atoms with Gasteiger partial charge < -0.3 is 5.73 Å². The van der Waals surface area contributed by atoms with Crippen molar-refractivity contribution in [3.05, 3.63) is 29.3 Å². The fourth-order valence-corrected chi connectivity index (χ4v) is 3.49. The molecule has 3 N–H and O–H groups in total. The summed E-state index contributed by atoms with van der Waals surface area (Å²) in [6.45, 7) is 3.90. The summed E-state index contributed by atoms with van der Waals surface area (Å²) in [6.07, 6.45) is 1.27. The number of nitrogens with one attached hydrogen (secondary N) is 1. The molecule has 7 nitrogen and oxygen atoms in total. The molecule has 8 heteroatoms. The number of carbonyl (C=O) groups is 2. The number of hydrogen-bond acceptors (Lipinski definition) is 5. The first-order chi connectivity index (χ1) is 10.6. The molecule has 23 heavy (non-hydrogen) atoms. The van der Waals surface area contributed by atoms with Crippen LogP contribution < -0.4 is 10.5 Å². The molecule has 0 aliphatic carbocycles. The topological polar surface area (TPSA) is 110 Å². The average Bonchev–Trinajstić information content (AvgIpc) is 2.77. The van der Waals surface area contributed by atoms with Crippen LogP contribution in [0.2, 0.25) is 0 Å². The van der Waals surface area contributed by atoms with Gasteiger partial charge in [-0.1, -0.05) is 13.8 Å². The van der Waals surface area contributed by atoms with Gasteiger partial charge in [-0.2, -0.15) is 0 Å². The van der Waals surface area contributed by atoms with E-state index in [0.29, 0.717) is 12.8 Å². The van der Waals surface area contributed by atoms with Gasteiger partial charge in [-0.3, -0.25) is 14.5 Å². The van der Waals surface area contributed by atoms with Crippen LogP contribution in [0.3, 0.4) is 0 Å². The van der Waals surface area contributed by atoms with E-state index in [9.17, 15) is 18.0 Å². The van der Waals surface area contributed by atoms with Crippen molar-refractivity contribution < 1.29 is 18.0 Å². The van der Waals surface area contributed by atoms with E-state index in [4.69, 9.17) is 5.73 Å². The molecule has 0 fully saturated rings.